The molecule has 4 rings (SSSR count). The van der Waals surface area contributed by atoms with Crippen LogP contribution >= 0.6 is 0 Å². The minimum absolute atomic E-state index is 0.0800. The first-order chi connectivity index (χ1) is 13.1. The van der Waals surface area contributed by atoms with Crippen LogP contribution in [0.3, 0.4) is 0 Å². The molecular weight excluding hydrogens is 342 g/mol. The van der Waals surface area contributed by atoms with Crippen LogP contribution in [0.2, 0.25) is 0 Å². The van der Waals surface area contributed by atoms with Crippen molar-refractivity contribution in [3.8, 4) is 0 Å². The number of anilines is 2. The van der Waals surface area contributed by atoms with Crippen LogP contribution in [0.15, 0.2) is 30.5 Å². The molecule has 3 amide bonds. The quantitative estimate of drug-likeness (QED) is 0.874. The molecule has 0 spiro atoms. The lowest BCUT2D eigenvalue weighted by atomic mass is 9.95. The van der Waals surface area contributed by atoms with Crippen LogP contribution in [-0.2, 0) is 4.79 Å². The number of carbonyl (C=O) groups excluding carboxylic acids is 2. The zero-order chi connectivity index (χ0) is 18.8. The molecule has 1 aromatic carbocycles. The standard InChI is InChI=1S/C20H25N5O2/c1-14-12-16(6-7-18(14)25-11-3-5-19(25)26)22-20(27)24-10-2-4-15(13-24)17-8-9-21-23-17/h6-9,12,15H,2-5,10-11,13H2,1H3,(H,21,23)(H,22,27)/t15-/m1/s1. The van der Waals surface area contributed by atoms with Gasteiger partial charge < -0.3 is 15.1 Å². The summed E-state index contributed by atoms with van der Waals surface area (Å²) >= 11 is 0. The molecule has 2 aliphatic rings. The predicted molar refractivity (Wildman–Crippen MR) is 104 cm³/mol. The van der Waals surface area contributed by atoms with Crippen LogP contribution in [0.25, 0.3) is 0 Å². The normalized spacial score (nSPS) is 20.2. The van der Waals surface area contributed by atoms with Gasteiger partial charge in [0.05, 0.1) is 0 Å². The topological polar surface area (TPSA) is 81.3 Å². The zero-order valence-corrected chi connectivity index (χ0v) is 15.6. The highest BCUT2D eigenvalue weighted by atomic mass is 16.2. The van der Waals surface area contributed by atoms with E-state index in [9.17, 15) is 9.59 Å². The van der Waals surface area contributed by atoms with Crippen molar-refractivity contribution in [2.24, 2.45) is 0 Å². The largest absolute Gasteiger partial charge is 0.324 e. The van der Waals surface area contributed by atoms with Crippen molar-refractivity contribution in [2.75, 3.05) is 29.9 Å². The zero-order valence-electron chi connectivity index (χ0n) is 15.6. The molecule has 2 saturated heterocycles. The number of rotatable bonds is 3. The van der Waals surface area contributed by atoms with E-state index in [1.807, 2.05) is 41.0 Å². The van der Waals surface area contributed by atoms with Crippen molar-refractivity contribution >= 4 is 23.3 Å². The van der Waals surface area contributed by atoms with Crippen molar-refractivity contribution in [1.82, 2.24) is 15.1 Å². The summed E-state index contributed by atoms with van der Waals surface area (Å²) in [5, 5.41) is 10.0. The summed E-state index contributed by atoms with van der Waals surface area (Å²) in [6.45, 7) is 4.20. The second kappa shape index (κ2) is 7.42. The minimum atomic E-state index is -0.0800. The van der Waals surface area contributed by atoms with E-state index in [-0.39, 0.29) is 11.9 Å². The molecule has 142 valence electrons. The molecule has 0 bridgehead atoms. The number of likely N-dealkylation sites (tertiary alicyclic amines) is 1. The summed E-state index contributed by atoms with van der Waals surface area (Å²) in [5.41, 5.74) is 3.78. The van der Waals surface area contributed by atoms with Crippen molar-refractivity contribution in [3.05, 3.63) is 41.7 Å². The number of aromatic nitrogens is 2. The summed E-state index contributed by atoms with van der Waals surface area (Å²) in [5.74, 6) is 0.477. The van der Waals surface area contributed by atoms with Gasteiger partial charge in [0.2, 0.25) is 5.91 Å². The van der Waals surface area contributed by atoms with E-state index < -0.39 is 0 Å². The van der Waals surface area contributed by atoms with Crippen LogP contribution in [-0.4, -0.2) is 46.7 Å². The van der Waals surface area contributed by atoms with Gasteiger partial charge in [-0.3, -0.25) is 9.89 Å². The maximum Gasteiger partial charge on any atom is 0.321 e. The van der Waals surface area contributed by atoms with Crippen molar-refractivity contribution in [1.29, 1.82) is 0 Å². The molecule has 0 radical (unpaired) electrons. The Morgan fingerprint density at radius 3 is 2.85 bits per heavy atom. The Hall–Kier alpha value is -2.83. The molecule has 7 nitrogen and oxygen atoms in total. The van der Waals surface area contributed by atoms with Gasteiger partial charge >= 0.3 is 6.03 Å². The maximum atomic E-state index is 12.7. The molecule has 0 saturated carbocycles. The third-order valence-electron chi connectivity index (χ3n) is 5.48. The summed E-state index contributed by atoms with van der Waals surface area (Å²) in [6, 6.07) is 7.65. The number of hydrogen-bond donors (Lipinski definition) is 2. The van der Waals surface area contributed by atoms with Gasteiger partial charge in [0.1, 0.15) is 0 Å². The molecule has 2 aromatic rings. The first-order valence-electron chi connectivity index (χ1n) is 9.58. The molecule has 1 aromatic heterocycles. The fraction of sp³-hybridized carbons (Fsp3) is 0.450. The molecule has 27 heavy (non-hydrogen) atoms. The second-order valence-electron chi connectivity index (χ2n) is 7.38. The summed E-state index contributed by atoms with van der Waals surface area (Å²) in [4.78, 5) is 28.4. The third kappa shape index (κ3) is 3.67. The molecule has 3 heterocycles. The van der Waals surface area contributed by atoms with E-state index >= 15 is 0 Å². The smallest absolute Gasteiger partial charge is 0.321 e. The van der Waals surface area contributed by atoms with Crippen LogP contribution in [0.1, 0.15) is 42.9 Å². The van der Waals surface area contributed by atoms with Crippen LogP contribution in [0.4, 0.5) is 16.2 Å². The predicted octanol–water partition coefficient (Wildman–Crippen LogP) is 3.26. The van der Waals surface area contributed by atoms with Crippen LogP contribution < -0.4 is 10.2 Å². The number of aromatic amines is 1. The maximum absolute atomic E-state index is 12.7. The van der Waals surface area contributed by atoms with Crippen LogP contribution in [0.5, 0.6) is 0 Å². The Morgan fingerprint density at radius 2 is 2.15 bits per heavy atom. The van der Waals surface area contributed by atoms with Crippen molar-refractivity contribution in [2.45, 2.75) is 38.5 Å². The first kappa shape index (κ1) is 17.6. The SMILES string of the molecule is Cc1cc(NC(=O)N2CCC[C@@H](c3ccn[nH]3)C2)ccc1N1CCCC1=O. The van der Waals surface area contributed by atoms with Crippen LogP contribution in [0, 0.1) is 6.92 Å². The molecule has 2 aliphatic heterocycles. The highest BCUT2D eigenvalue weighted by molar-refractivity contribution is 5.97. The average Bonchev–Trinajstić information content (AvgIpc) is 3.34. The van der Waals surface area contributed by atoms with Crippen molar-refractivity contribution < 1.29 is 9.59 Å². The van der Waals surface area contributed by atoms with Gasteiger partial charge in [-0.1, -0.05) is 0 Å². The number of amides is 3. The van der Waals surface area contributed by atoms with Crippen molar-refractivity contribution in [3.63, 3.8) is 0 Å². The number of nitrogens with one attached hydrogen (secondary N) is 2. The molecule has 1 atom stereocenters. The fourth-order valence-electron chi connectivity index (χ4n) is 4.05. The number of carbonyl (C=O) groups is 2. The Kier molecular flexibility index (Phi) is 4.83. The summed E-state index contributed by atoms with van der Waals surface area (Å²) in [6.07, 6.45) is 5.31. The first-order valence-corrected chi connectivity index (χ1v) is 9.58. The highest BCUT2D eigenvalue weighted by Gasteiger charge is 2.26. The minimum Gasteiger partial charge on any atom is -0.324 e. The average molecular weight is 367 g/mol. The number of nitrogens with zero attached hydrogens (tertiary/aromatic N) is 3. The van der Waals surface area contributed by atoms with Gasteiger partial charge in [-0.05, 0) is 56.0 Å². The number of aryl methyl sites for hydroxylation is 1. The summed E-state index contributed by atoms with van der Waals surface area (Å²) < 4.78 is 0. The lowest BCUT2D eigenvalue weighted by molar-refractivity contribution is -0.117. The number of urea groups is 1. The van der Waals surface area contributed by atoms with Gasteiger partial charge in [0.15, 0.2) is 0 Å². The molecule has 0 aliphatic carbocycles. The lowest BCUT2D eigenvalue weighted by Crippen LogP contribution is -2.41. The Bertz CT molecular complexity index is 833. The van der Waals surface area contributed by atoms with Gasteiger partial charge in [0.25, 0.3) is 0 Å². The Morgan fingerprint density at radius 1 is 1.26 bits per heavy atom. The van der Waals surface area contributed by atoms with Gasteiger partial charge in [-0.15, -0.1) is 0 Å². The third-order valence-corrected chi connectivity index (χ3v) is 5.48. The molecular formula is C20H25N5O2. The van der Waals surface area contributed by atoms with Gasteiger partial charge in [0, 0.05) is 55.2 Å². The molecule has 7 heteroatoms. The van der Waals surface area contributed by atoms with E-state index in [0.29, 0.717) is 18.9 Å². The number of piperidine rings is 1. The second-order valence-corrected chi connectivity index (χ2v) is 7.38. The van der Waals surface area contributed by atoms with Gasteiger partial charge in [-0.2, -0.15) is 5.10 Å². The van der Waals surface area contributed by atoms with Gasteiger partial charge in [-0.25, -0.2) is 4.79 Å². The van der Waals surface area contributed by atoms with E-state index in [2.05, 4.69) is 15.5 Å². The number of H-pyrrole nitrogens is 1. The fourth-order valence-corrected chi connectivity index (χ4v) is 4.05. The summed E-state index contributed by atoms with van der Waals surface area (Å²) in [7, 11) is 0. The molecule has 2 fully saturated rings. The highest BCUT2D eigenvalue weighted by Crippen LogP contribution is 2.29. The van der Waals surface area contributed by atoms with E-state index in [1.165, 1.54) is 0 Å². The Balaban J connectivity index is 1.42. The Labute approximate surface area is 158 Å². The van der Waals surface area contributed by atoms with E-state index in [4.69, 9.17) is 0 Å². The molecule has 0 unspecified atom stereocenters. The number of benzene rings is 1. The van der Waals surface area contributed by atoms with E-state index in [1.54, 1.807) is 6.20 Å². The lowest BCUT2D eigenvalue weighted by Gasteiger charge is -2.32. The molecule has 2 N–H and O–H groups in total. The number of hydrogen-bond acceptors (Lipinski definition) is 3. The van der Waals surface area contributed by atoms with E-state index in [0.717, 1.165) is 55.0 Å². The monoisotopic (exact) mass is 367 g/mol.